The molecule has 2 aromatic rings. The van der Waals surface area contributed by atoms with E-state index in [-0.39, 0.29) is 17.9 Å². The Balaban J connectivity index is 1.42. The number of ether oxygens (including phenoxy) is 1. The molecule has 40 heavy (non-hydrogen) atoms. The van der Waals surface area contributed by atoms with E-state index in [1.54, 1.807) is 30.3 Å². The molecule has 1 aromatic carbocycles. The molecule has 1 unspecified atom stereocenters. The van der Waals surface area contributed by atoms with Gasteiger partial charge in [-0.2, -0.15) is 4.98 Å². The molecule has 10 heteroatoms. The van der Waals surface area contributed by atoms with Crippen LogP contribution >= 0.6 is 0 Å². The van der Waals surface area contributed by atoms with E-state index in [1.165, 1.54) is 19.3 Å². The van der Waals surface area contributed by atoms with Crippen molar-refractivity contribution in [2.45, 2.75) is 70.9 Å². The summed E-state index contributed by atoms with van der Waals surface area (Å²) in [5.41, 5.74) is 1.44. The molecule has 1 saturated carbocycles. The summed E-state index contributed by atoms with van der Waals surface area (Å²) in [7, 11) is 5.47. The fourth-order valence-electron chi connectivity index (χ4n) is 6.24. The van der Waals surface area contributed by atoms with Crippen LogP contribution in [0.1, 0.15) is 69.2 Å². The van der Waals surface area contributed by atoms with E-state index in [1.807, 2.05) is 13.1 Å². The van der Waals surface area contributed by atoms with Crippen LogP contribution in [0, 0.1) is 5.41 Å². The zero-order valence-corrected chi connectivity index (χ0v) is 24.5. The van der Waals surface area contributed by atoms with E-state index in [2.05, 4.69) is 46.3 Å². The van der Waals surface area contributed by atoms with Crippen molar-refractivity contribution >= 4 is 35.0 Å². The second kappa shape index (κ2) is 11.6. The van der Waals surface area contributed by atoms with Gasteiger partial charge in [0, 0.05) is 37.8 Å². The van der Waals surface area contributed by atoms with Crippen molar-refractivity contribution in [3.8, 4) is 5.75 Å². The number of carbonyl (C=O) groups is 2. The highest BCUT2D eigenvalue weighted by molar-refractivity contribution is 6.01. The van der Waals surface area contributed by atoms with Crippen LogP contribution in [0.2, 0.25) is 0 Å². The van der Waals surface area contributed by atoms with Gasteiger partial charge in [-0.15, -0.1) is 0 Å². The molecule has 0 spiro atoms. The first-order chi connectivity index (χ1) is 19.2. The van der Waals surface area contributed by atoms with Crippen molar-refractivity contribution < 1.29 is 14.3 Å². The van der Waals surface area contributed by atoms with E-state index in [0.29, 0.717) is 35.5 Å². The Hall–Kier alpha value is -3.40. The van der Waals surface area contributed by atoms with Gasteiger partial charge in [-0.05, 0) is 64.4 Å². The van der Waals surface area contributed by atoms with Crippen LogP contribution in [0.3, 0.4) is 0 Å². The van der Waals surface area contributed by atoms with Crippen molar-refractivity contribution in [1.29, 1.82) is 0 Å². The molecule has 2 atom stereocenters. The minimum absolute atomic E-state index is 0.0960. The molecular formula is C30H43N7O3. The molecule has 2 aliphatic heterocycles. The summed E-state index contributed by atoms with van der Waals surface area (Å²) in [5, 5.41) is 6.43. The van der Waals surface area contributed by atoms with Crippen LogP contribution in [0.4, 0.5) is 23.1 Å². The van der Waals surface area contributed by atoms with E-state index in [9.17, 15) is 9.59 Å². The molecule has 0 radical (unpaired) electrons. The van der Waals surface area contributed by atoms with Crippen molar-refractivity contribution in [2.24, 2.45) is 5.41 Å². The zero-order chi connectivity index (χ0) is 28.4. The maximum Gasteiger partial charge on any atom is 0.251 e. The minimum Gasteiger partial charge on any atom is -0.495 e. The smallest absolute Gasteiger partial charge is 0.251 e. The Morgan fingerprint density at radius 2 is 1.95 bits per heavy atom. The summed E-state index contributed by atoms with van der Waals surface area (Å²) in [6.45, 7) is 6.62. The van der Waals surface area contributed by atoms with Gasteiger partial charge >= 0.3 is 0 Å². The summed E-state index contributed by atoms with van der Waals surface area (Å²) < 4.78 is 5.65. The van der Waals surface area contributed by atoms with E-state index in [4.69, 9.17) is 9.72 Å². The van der Waals surface area contributed by atoms with E-state index < -0.39 is 5.41 Å². The first-order valence-corrected chi connectivity index (χ1v) is 14.6. The maximum absolute atomic E-state index is 13.5. The first-order valence-electron chi connectivity index (χ1n) is 14.6. The third kappa shape index (κ3) is 5.59. The average Bonchev–Trinajstić information content (AvgIpc) is 3.36. The molecule has 1 aliphatic carbocycles. The number of likely N-dealkylation sites (N-methyl/N-ethyl adjacent to an activating group) is 1. The standard InChI is InChI=1S/C30H43N7O3/c1-6-30(2)19-37(22-10-8-7-9-11-22)26-24(36(4)28(30)39)17-31-29(34-26)33-23-13-12-20(16-25(23)40-5)27(38)32-21-14-15-35(3)18-21/h12-13,16-17,21-22H,6-11,14-15,18-19H2,1-5H3,(H,32,38)(H,31,33,34)/t21-,30?/m1/s1. The third-order valence-electron chi connectivity index (χ3n) is 8.96. The minimum atomic E-state index is -0.506. The Bertz CT molecular complexity index is 1250. The van der Waals surface area contributed by atoms with Crippen molar-refractivity contribution in [2.75, 3.05) is 56.0 Å². The molecule has 1 aromatic heterocycles. The summed E-state index contributed by atoms with van der Waals surface area (Å²) in [4.78, 5) is 42.3. The fraction of sp³-hybridized carbons (Fsp3) is 0.600. The number of amides is 2. The van der Waals surface area contributed by atoms with Crippen LogP contribution in [0.25, 0.3) is 0 Å². The quantitative estimate of drug-likeness (QED) is 0.530. The molecule has 3 heterocycles. The molecule has 0 bridgehead atoms. The van der Waals surface area contributed by atoms with Crippen LogP contribution < -0.4 is 25.2 Å². The lowest BCUT2D eigenvalue weighted by Crippen LogP contribution is -2.47. The predicted molar refractivity (Wildman–Crippen MR) is 158 cm³/mol. The normalized spacial score (nSPS) is 24.0. The van der Waals surface area contributed by atoms with Crippen molar-refractivity contribution in [3.63, 3.8) is 0 Å². The Morgan fingerprint density at radius 1 is 1.18 bits per heavy atom. The molecule has 1 saturated heterocycles. The van der Waals surface area contributed by atoms with Crippen LogP contribution in [-0.4, -0.2) is 79.6 Å². The second-order valence-corrected chi connectivity index (χ2v) is 11.9. The lowest BCUT2D eigenvalue weighted by molar-refractivity contribution is -0.126. The van der Waals surface area contributed by atoms with E-state index >= 15 is 0 Å². The van der Waals surface area contributed by atoms with Crippen molar-refractivity contribution in [3.05, 3.63) is 30.0 Å². The van der Waals surface area contributed by atoms with Gasteiger partial charge in [0.25, 0.3) is 5.91 Å². The number of hydrogen-bond donors (Lipinski definition) is 2. The summed E-state index contributed by atoms with van der Waals surface area (Å²) in [6.07, 6.45) is 9.26. The van der Waals surface area contributed by atoms with Gasteiger partial charge in [0.2, 0.25) is 11.9 Å². The highest BCUT2D eigenvalue weighted by Gasteiger charge is 2.43. The van der Waals surface area contributed by atoms with E-state index in [0.717, 1.165) is 50.3 Å². The third-order valence-corrected chi connectivity index (χ3v) is 8.96. The summed E-state index contributed by atoms with van der Waals surface area (Å²) in [5.74, 6) is 1.73. The lowest BCUT2D eigenvalue weighted by atomic mass is 9.84. The Morgan fingerprint density at radius 3 is 2.62 bits per heavy atom. The number of likely N-dealkylation sites (tertiary alicyclic amines) is 1. The van der Waals surface area contributed by atoms with Gasteiger partial charge in [0.15, 0.2) is 5.82 Å². The number of methoxy groups -OCH3 is 1. The number of hydrogen-bond acceptors (Lipinski definition) is 8. The number of nitrogens with one attached hydrogen (secondary N) is 2. The van der Waals surface area contributed by atoms with Crippen LogP contribution in [0.15, 0.2) is 24.4 Å². The molecular weight excluding hydrogens is 506 g/mol. The Kier molecular flexibility index (Phi) is 8.16. The maximum atomic E-state index is 13.5. The number of anilines is 4. The topological polar surface area (TPSA) is 103 Å². The van der Waals surface area contributed by atoms with Crippen LogP contribution in [-0.2, 0) is 4.79 Å². The molecule has 2 amide bonds. The molecule has 216 valence electrons. The molecule has 2 N–H and O–H groups in total. The largest absolute Gasteiger partial charge is 0.495 e. The average molecular weight is 550 g/mol. The molecule has 5 rings (SSSR count). The lowest BCUT2D eigenvalue weighted by Gasteiger charge is -2.38. The SMILES string of the molecule is CCC1(C)CN(C2CCCCC2)c2nc(Nc3ccc(C(=O)N[C@@H]4CCN(C)C4)cc3OC)ncc2N(C)C1=O. The van der Waals surface area contributed by atoms with Gasteiger partial charge in [-0.1, -0.05) is 26.2 Å². The Labute approximate surface area is 237 Å². The second-order valence-electron chi connectivity index (χ2n) is 11.9. The van der Waals surface area contributed by atoms with Gasteiger partial charge in [-0.3, -0.25) is 9.59 Å². The number of aromatic nitrogens is 2. The van der Waals surface area contributed by atoms with Gasteiger partial charge < -0.3 is 30.1 Å². The highest BCUT2D eigenvalue weighted by atomic mass is 16.5. The fourth-order valence-corrected chi connectivity index (χ4v) is 6.24. The number of fused-ring (bicyclic) bond motifs is 1. The molecule has 2 fully saturated rings. The highest BCUT2D eigenvalue weighted by Crippen LogP contribution is 2.41. The monoisotopic (exact) mass is 549 g/mol. The number of nitrogens with zero attached hydrogens (tertiary/aromatic N) is 5. The predicted octanol–water partition coefficient (Wildman–Crippen LogP) is 4.19. The van der Waals surface area contributed by atoms with Gasteiger partial charge in [0.1, 0.15) is 11.4 Å². The first kappa shape index (κ1) is 28.1. The summed E-state index contributed by atoms with van der Waals surface area (Å²) in [6, 6.07) is 5.85. The summed E-state index contributed by atoms with van der Waals surface area (Å²) >= 11 is 0. The van der Waals surface area contributed by atoms with Gasteiger partial charge in [0.05, 0.1) is 24.4 Å². The van der Waals surface area contributed by atoms with Crippen molar-refractivity contribution in [1.82, 2.24) is 20.2 Å². The van der Waals surface area contributed by atoms with Crippen LogP contribution in [0.5, 0.6) is 5.75 Å². The molecule has 3 aliphatic rings. The van der Waals surface area contributed by atoms with Gasteiger partial charge in [-0.25, -0.2) is 4.98 Å². The molecule has 10 nitrogen and oxygen atoms in total. The zero-order valence-electron chi connectivity index (χ0n) is 24.5. The number of rotatable bonds is 7. The number of carbonyl (C=O) groups excluding carboxylic acids is 2. The number of benzene rings is 1.